The molecule has 4 rings (SSSR count). The molecular weight excluding hydrogens is 438 g/mol. The molecule has 2 heterocycles. The number of carboxylic acid groups (broad SMARTS) is 1. The standard InChI is InChI=1S/C28H35N5O2/c1-18(2)26(30)25-23(16-24(28(34)35)32-27(25)31-21-6-4-3-5-7-21)20-8-10-22(11-9-20)33-14-12-19(17-29)13-15-33/h8-11,16,18-19,21,30H,3-7,12-15H2,1-2H3,(H,31,32)(H,34,35). The molecule has 1 saturated carbocycles. The molecule has 2 aliphatic rings. The average Bonchev–Trinajstić information content (AvgIpc) is 2.88. The maximum absolute atomic E-state index is 12.0. The number of rotatable bonds is 7. The van der Waals surface area contributed by atoms with Gasteiger partial charge in [-0.05, 0) is 60.9 Å². The van der Waals surface area contributed by atoms with Crippen molar-refractivity contribution in [3.63, 3.8) is 0 Å². The van der Waals surface area contributed by atoms with Crippen LogP contribution in [0.1, 0.15) is 74.8 Å². The Morgan fingerprint density at radius 2 is 1.80 bits per heavy atom. The lowest BCUT2D eigenvalue weighted by molar-refractivity contribution is 0.0690. The Kier molecular flexibility index (Phi) is 7.70. The number of nitrogens with zero attached hydrogens (tertiary/aromatic N) is 3. The first-order valence-electron chi connectivity index (χ1n) is 12.8. The molecule has 0 bridgehead atoms. The molecule has 0 unspecified atom stereocenters. The molecule has 3 N–H and O–H groups in total. The van der Waals surface area contributed by atoms with Gasteiger partial charge in [0.1, 0.15) is 5.82 Å². The van der Waals surface area contributed by atoms with E-state index in [0.29, 0.717) is 17.1 Å². The molecule has 2 fully saturated rings. The third-order valence-electron chi connectivity index (χ3n) is 7.25. The minimum atomic E-state index is -1.07. The van der Waals surface area contributed by atoms with Gasteiger partial charge in [0.2, 0.25) is 0 Å². The van der Waals surface area contributed by atoms with E-state index in [4.69, 9.17) is 10.7 Å². The highest BCUT2D eigenvalue weighted by Gasteiger charge is 2.25. The van der Waals surface area contributed by atoms with Gasteiger partial charge in [-0.1, -0.05) is 45.2 Å². The van der Waals surface area contributed by atoms with Gasteiger partial charge in [-0.2, -0.15) is 5.26 Å². The first kappa shape index (κ1) is 24.7. The van der Waals surface area contributed by atoms with Crippen LogP contribution < -0.4 is 10.2 Å². The number of piperidine rings is 1. The van der Waals surface area contributed by atoms with E-state index < -0.39 is 5.97 Å². The zero-order valence-corrected chi connectivity index (χ0v) is 20.7. The number of carbonyl (C=O) groups is 1. The Hall–Kier alpha value is -3.40. The summed E-state index contributed by atoms with van der Waals surface area (Å²) in [5, 5.41) is 31.4. The van der Waals surface area contributed by atoms with Gasteiger partial charge in [-0.15, -0.1) is 0 Å². The van der Waals surface area contributed by atoms with Gasteiger partial charge in [0.15, 0.2) is 5.69 Å². The van der Waals surface area contributed by atoms with Crippen LogP contribution in [0.15, 0.2) is 30.3 Å². The van der Waals surface area contributed by atoms with Crippen LogP contribution in [-0.2, 0) is 0 Å². The largest absolute Gasteiger partial charge is 0.477 e. The van der Waals surface area contributed by atoms with E-state index in [-0.39, 0.29) is 23.6 Å². The minimum absolute atomic E-state index is 0.0127. The van der Waals surface area contributed by atoms with Gasteiger partial charge >= 0.3 is 5.97 Å². The molecule has 2 aromatic rings. The lowest BCUT2D eigenvalue weighted by Crippen LogP contribution is -2.33. The van der Waals surface area contributed by atoms with Crippen molar-refractivity contribution in [2.45, 2.75) is 64.8 Å². The molecule has 0 spiro atoms. The van der Waals surface area contributed by atoms with Crippen molar-refractivity contribution in [1.82, 2.24) is 4.98 Å². The Balaban J connectivity index is 1.72. The van der Waals surface area contributed by atoms with Crippen molar-refractivity contribution >= 4 is 23.2 Å². The number of anilines is 2. The highest BCUT2D eigenvalue weighted by atomic mass is 16.4. The van der Waals surface area contributed by atoms with Gasteiger partial charge in [0.05, 0.1) is 6.07 Å². The summed E-state index contributed by atoms with van der Waals surface area (Å²) in [7, 11) is 0. The minimum Gasteiger partial charge on any atom is -0.477 e. The van der Waals surface area contributed by atoms with Crippen LogP contribution in [0.2, 0.25) is 0 Å². The molecule has 184 valence electrons. The first-order chi connectivity index (χ1) is 16.9. The SMILES string of the molecule is CC(C)C(=N)c1c(-c2ccc(N3CCC(C#N)CC3)cc2)cc(C(=O)O)nc1NC1CCCCC1. The normalized spacial score (nSPS) is 17.3. The van der Waals surface area contributed by atoms with Crippen LogP contribution in [0.25, 0.3) is 11.1 Å². The van der Waals surface area contributed by atoms with E-state index in [1.165, 1.54) is 6.42 Å². The topological polar surface area (TPSA) is 113 Å². The number of hydrogen-bond donors (Lipinski definition) is 3. The summed E-state index contributed by atoms with van der Waals surface area (Å²) < 4.78 is 0. The second kappa shape index (κ2) is 10.9. The molecule has 7 nitrogen and oxygen atoms in total. The van der Waals surface area contributed by atoms with E-state index in [0.717, 1.165) is 68.4 Å². The van der Waals surface area contributed by atoms with Crippen molar-refractivity contribution in [3.8, 4) is 17.2 Å². The van der Waals surface area contributed by atoms with Crippen molar-refractivity contribution < 1.29 is 9.90 Å². The third-order valence-corrected chi connectivity index (χ3v) is 7.25. The predicted octanol–water partition coefficient (Wildman–Crippen LogP) is 5.96. The zero-order valence-electron chi connectivity index (χ0n) is 20.7. The molecule has 1 aromatic heterocycles. The summed E-state index contributed by atoms with van der Waals surface area (Å²) in [6.45, 7) is 5.68. The van der Waals surface area contributed by atoms with Crippen LogP contribution in [0.4, 0.5) is 11.5 Å². The summed E-state index contributed by atoms with van der Waals surface area (Å²) in [6.07, 6.45) is 7.31. The summed E-state index contributed by atoms with van der Waals surface area (Å²) in [5.74, 6) is -0.457. The molecule has 7 heteroatoms. The first-order valence-corrected chi connectivity index (χ1v) is 12.8. The molecule has 35 heavy (non-hydrogen) atoms. The summed E-state index contributed by atoms with van der Waals surface area (Å²) >= 11 is 0. The molecule has 1 aliphatic carbocycles. The Morgan fingerprint density at radius 3 is 2.37 bits per heavy atom. The highest BCUT2D eigenvalue weighted by Crippen LogP contribution is 2.34. The number of pyridine rings is 1. The van der Waals surface area contributed by atoms with Crippen LogP contribution in [0.5, 0.6) is 0 Å². The number of aromatic nitrogens is 1. The summed E-state index contributed by atoms with van der Waals surface area (Å²) in [6, 6.07) is 12.3. The fraction of sp³-hybridized carbons (Fsp3) is 0.500. The van der Waals surface area contributed by atoms with E-state index in [9.17, 15) is 9.90 Å². The molecule has 0 amide bonds. The number of nitriles is 1. The fourth-order valence-corrected chi connectivity index (χ4v) is 5.11. The molecule has 1 aliphatic heterocycles. The Bertz CT molecular complexity index is 1110. The second-order valence-electron chi connectivity index (χ2n) is 10.1. The van der Waals surface area contributed by atoms with E-state index >= 15 is 0 Å². The van der Waals surface area contributed by atoms with Crippen molar-refractivity contribution in [3.05, 3.63) is 41.6 Å². The quantitative estimate of drug-likeness (QED) is 0.428. The number of nitrogens with one attached hydrogen (secondary N) is 2. The van der Waals surface area contributed by atoms with Crippen LogP contribution >= 0.6 is 0 Å². The highest BCUT2D eigenvalue weighted by molar-refractivity contribution is 6.10. The maximum Gasteiger partial charge on any atom is 0.354 e. The van der Waals surface area contributed by atoms with Gasteiger partial charge in [0.25, 0.3) is 0 Å². The predicted molar refractivity (Wildman–Crippen MR) is 139 cm³/mol. The van der Waals surface area contributed by atoms with E-state index in [2.05, 4.69) is 33.4 Å². The van der Waals surface area contributed by atoms with Crippen molar-refractivity contribution in [2.75, 3.05) is 23.3 Å². The molecular formula is C28H35N5O2. The fourth-order valence-electron chi connectivity index (χ4n) is 5.11. The lowest BCUT2D eigenvalue weighted by Gasteiger charge is -2.31. The van der Waals surface area contributed by atoms with Gasteiger partial charge in [-0.25, -0.2) is 9.78 Å². The van der Waals surface area contributed by atoms with E-state index in [1.54, 1.807) is 6.07 Å². The van der Waals surface area contributed by atoms with Crippen LogP contribution in [0.3, 0.4) is 0 Å². The monoisotopic (exact) mass is 473 g/mol. The van der Waals surface area contributed by atoms with Gasteiger partial charge in [0, 0.05) is 42.0 Å². The molecule has 0 atom stereocenters. The van der Waals surface area contributed by atoms with Crippen LogP contribution in [0, 0.1) is 28.6 Å². The third kappa shape index (κ3) is 5.64. The summed E-state index contributed by atoms with van der Waals surface area (Å²) in [5.41, 5.74) is 3.82. The summed E-state index contributed by atoms with van der Waals surface area (Å²) in [4.78, 5) is 18.8. The number of hydrogen-bond acceptors (Lipinski definition) is 6. The second-order valence-corrected chi connectivity index (χ2v) is 10.1. The number of aromatic carboxylic acids is 1. The molecule has 0 radical (unpaired) electrons. The number of benzene rings is 1. The maximum atomic E-state index is 12.0. The number of carboxylic acids is 1. The van der Waals surface area contributed by atoms with Crippen LogP contribution in [-0.4, -0.2) is 40.9 Å². The molecule has 1 aromatic carbocycles. The van der Waals surface area contributed by atoms with Crippen molar-refractivity contribution in [2.24, 2.45) is 11.8 Å². The van der Waals surface area contributed by atoms with Crippen molar-refractivity contribution in [1.29, 1.82) is 10.7 Å². The average molecular weight is 474 g/mol. The lowest BCUT2D eigenvalue weighted by atomic mass is 9.90. The smallest absolute Gasteiger partial charge is 0.354 e. The Labute approximate surface area is 207 Å². The van der Waals surface area contributed by atoms with Gasteiger partial charge in [-0.3, -0.25) is 0 Å². The Morgan fingerprint density at radius 1 is 1.14 bits per heavy atom. The van der Waals surface area contributed by atoms with E-state index in [1.807, 2.05) is 26.0 Å². The molecule has 1 saturated heterocycles. The van der Waals surface area contributed by atoms with Gasteiger partial charge < -0.3 is 20.7 Å². The zero-order chi connectivity index (χ0) is 24.9.